The topological polar surface area (TPSA) is 94.3 Å². The monoisotopic (exact) mass is 631 g/mol. The van der Waals surface area contributed by atoms with E-state index < -0.39 is 17.0 Å². The van der Waals surface area contributed by atoms with Gasteiger partial charge in [-0.15, -0.1) is 4.21 Å². The van der Waals surface area contributed by atoms with E-state index in [-0.39, 0.29) is 24.0 Å². The molecule has 0 bridgehead atoms. The Morgan fingerprint density at radius 2 is 1.95 bits per heavy atom. The third kappa shape index (κ3) is 6.80. The number of thiol groups is 1. The average Bonchev–Trinajstić information content (AvgIpc) is 3.40. The van der Waals surface area contributed by atoms with Crippen molar-refractivity contribution >= 4 is 63.2 Å². The van der Waals surface area contributed by atoms with Gasteiger partial charge in [0, 0.05) is 63.9 Å². The molecule has 3 aromatic rings. The van der Waals surface area contributed by atoms with E-state index in [1.165, 1.54) is 0 Å². The van der Waals surface area contributed by atoms with E-state index in [0.29, 0.717) is 63.4 Å². The van der Waals surface area contributed by atoms with Gasteiger partial charge in [0.05, 0.1) is 12.0 Å². The zero-order chi connectivity index (χ0) is 30.0. The number of fused-ring (bicyclic) bond motifs is 1. The molecule has 2 atom stereocenters. The molecule has 3 N–H and O–H groups in total. The van der Waals surface area contributed by atoms with E-state index in [1.807, 2.05) is 18.7 Å². The molecule has 0 radical (unpaired) electrons. The first-order chi connectivity index (χ1) is 20.1. The molecule has 2 aromatic carbocycles. The lowest BCUT2D eigenvalue weighted by molar-refractivity contribution is -0.120. The largest absolute Gasteiger partial charge is 0.359 e. The number of alkyl halides is 1. The Hall–Kier alpha value is -2.98. The van der Waals surface area contributed by atoms with Gasteiger partial charge in [-0.05, 0) is 74.7 Å². The van der Waals surface area contributed by atoms with Crippen LogP contribution >= 0.6 is 23.2 Å². The lowest BCUT2D eigenvalue weighted by Crippen LogP contribution is -2.41. The van der Waals surface area contributed by atoms with Crippen LogP contribution in [-0.4, -0.2) is 54.0 Å². The Morgan fingerprint density at radius 3 is 2.69 bits per heavy atom. The molecule has 222 valence electrons. The highest BCUT2D eigenvalue weighted by atomic mass is 35.5. The van der Waals surface area contributed by atoms with Crippen LogP contribution in [0.2, 0.25) is 10.0 Å². The average molecular weight is 633 g/mol. The van der Waals surface area contributed by atoms with E-state index in [1.54, 1.807) is 42.5 Å². The van der Waals surface area contributed by atoms with Crippen LogP contribution < -0.4 is 10.6 Å². The number of halogens is 3. The van der Waals surface area contributed by atoms with Crippen LogP contribution in [0.5, 0.6) is 0 Å². The van der Waals surface area contributed by atoms with Crippen molar-refractivity contribution in [1.82, 2.24) is 15.2 Å². The number of nitrogens with one attached hydrogen (secondary N) is 3. The molecule has 11 heteroatoms. The zero-order valence-corrected chi connectivity index (χ0v) is 25.9. The predicted octanol–water partition coefficient (Wildman–Crippen LogP) is 5.78. The van der Waals surface area contributed by atoms with Gasteiger partial charge >= 0.3 is 0 Å². The Balaban J connectivity index is 1.30. The van der Waals surface area contributed by atoms with Crippen LogP contribution in [0, 0.1) is 13.8 Å². The SMILES string of the molecule is Cc1[nH]c(/C=C2\C(=O)Nc3ccc([SH+](=O)Cc4c(Cl)cccc4Cl)cc32)c(C)c1CC(=O)NCCN1CCCC(F)C1. The number of aryl methyl sites for hydroxylation is 1. The van der Waals surface area contributed by atoms with Crippen molar-refractivity contribution in [2.75, 3.05) is 31.5 Å². The van der Waals surface area contributed by atoms with Crippen molar-refractivity contribution in [3.05, 3.63) is 80.1 Å². The minimum Gasteiger partial charge on any atom is -0.359 e. The zero-order valence-electron chi connectivity index (χ0n) is 23.5. The van der Waals surface area contributed by atoms with E-state index >= 15 is 0 Å². The first-order valence-electron chi connectivity index (χ1n) is 14.0. The summed E-state index contributed by atoms with van der Waals surface area (Å²) >= 11 is 12.6. The molecule has 2 unspecified atom stereocenters. The van der Waals surface area contributed by atoms with E-state index in [9.17, 15) is 18.2 Å². The fourth-order valence-electron chi connectivity index (χ4n) is 5.54. The molecular weight excluding hydrogens is 598 g/mol. The molecule has 5 rings (SSSR count). The van der Waals surface area contributed by atoms with Crippen molar-refractivity contribution in [2.24, 2.45) is 0 Å². The number of benzene rings is 2. The summed E-state index contributed by atoms with van der Waals surface area (Å²) < 4.78 is 26.9. The maximum Gasteiger partial charge on any atom is 0.256 e. The fourth-order valence-corrected chi connectivity index (χ4v) is 7.58. The molecule has 0 saturated carbocycles. The van der Waals surface area contributed by atoms with Gasteiger partial charge in [0.1, 0.15) is 22.7 Å². The summed E-state index contributed by atoms with van der Waals surface area (Å²) in [5.74, 6) is -0.183. The number of rotatable bonds is 9. The number of hydrogen-bond donors (Lipinski definition) is 3. The summed E-state index contributed by atoms with van der Waals surface area (Å²) in [6.45, 7) is 6.19. The number of amides is 2. The molecule has 0 spiro atoms. The van der Waals surface area contributed by atoms with Crippen LogP contribution in [0.15, 0.2) is 41.3 Å². The Morgan fingerprint density at radius 1 is 1.19 bits per heavy atom. The minimum atomic E-state index is -1.87. The van der Waals surface area contributed by atoms with Gasteiger partial charge < -0.3 is 15.6 Å². The summed E-state index contributed by atoms with van der Waals surface area (Å²) in [7, 11) is -1.87. The molecule has 3 heterocycles. The number of nitrogens with zero attached hydrogens (tertiary/aromatic N) is 1. The number of H-pyrrole nitrogens is 1. The summed E-state index contributed by atoms with van der Waals surface area (Å²) in [5, 5.41) is 6.75. The highest BCUT2D eigenvalue weighted by Gasteiger charge is 2.28. The van der Waals surface area contributed by atoms with E-state index in [2.05, 4.69) is 15.6 Å². The smallest absolute Gasteiger partial charge is 0.256 e. The predicted molar refractivity (Wildman–Crippen MR) is 168 cm³/mol. The minimum absolute atomic E-state index is 0.107. The number of anilines is 1. The molecule has 0 aliphatic carbocycles. The van der Waals surface area contributed by atoms with Crippen molar-refractivity contribution in [3.63, 3.8) is 0 Å². The molecule has 2 aliphatic rings. The van der Waals surface area contributed by atoms with Gasteiger partial charge in [-0.2, -0.15) is 0 Å². The molecule has 42 heavy (non-hydrogen) atoms. The standard InChI is InChI=1S/C31H33Cl2FN4O3S/c1-18-22(15-30(39)35-10-12-38-11-4-5-20(34)16-38)19(2)36-29(18)14-24-23-13-21(8-9-28(23)37-31(24)40)42(41)17-25-26(32)6-3-7-27(25)33/h3,6-9,13-14,20,36H,4-5,10-12,15-17H2,1-2H3,(H,35,39)(H,37,40)/p+1/b24-14-. The molecule has 1 aromatic heterocycles. The summed E-state index contributed by atoms with van der Waals surface area (Å²) in [4.78, 5) is 31.6. The number of aromatic amines is 1. The summed E-state index contributed by atoms with van der Waals surface area (Å²) in [5.41, 5.74) is 5.69. The van der Waals surface area contributed by atoms with Gasteiger partial charge in [-0.3, -0.25) is 14.5 Å². The molecule has 2 aliphatic heterocycles. The van der Waals surface area contributed by atoms with E-state index in [4.69, 9.17) is 23.2 Å². The quantitative estimate of drug-likeness (QED) is 0.159. The Labute approximate surface area is 257 Å². The summed E-state index contributed by atoms with van der Waals surface area (Å²) in [6.07, 6.45) is 2.63. The van der Waals surface area contributed by atoms with Gasteiger partial charge in [-0.1, -0.05) is 29.3 Å². The van der Waals surface area contributed by atoms with Crippen molar-refractivity contribution in [1.29, 1.82) is 0 Å². The maximum atomic E-state index is 13.6. The number of likely N-dealkylation sites (tertiary alicyclic amines) is 1. The second kappa shape index (κ2) is 13.1. The molecule has 1 fully saturated rings. The third-order valence-electron chi connectivity index (χ3n) is 7.89. The lowest BCUT2D eigenvalue weighted by atomic mass is 10.0. The van der Waals surface area contributed by atoms with Crippen molar-refractivity contribution in [2.45, 2.75) is 49.9 Å². The number of carbonyl (C=O) groups is 2. The molecule has 2 amide bonds. The molecular formula is C31H34Cl2FN4O3S+. The fraction of sp³-hybridized carbons (Fsp3) is 0.355. The number of hydrogen-bond acceptors (Lipinski definition) is 4. The Bertz CT molecular complexity index is 1570. The highest BCUT2D eigenvalue weighted by Crippen LogP contribution is 2.36. The van der Waals surface area contributed by atoms with E-state index in [0.717, 1.165) is 35.5 Å². The summed E-state index contributed by atoms with van der Waals surface area (Å²) in [6, 6.07) is 10.4. The highest BCUT2D eigenvalue weighted by molar-refractivity contribution is 7.84. The molecule has 7 nitrogen and oxygen atoms in total. The number of carbonyl (C=O) groups excluding carboxylic acids is 2. The normalized spacial score (nSPS) is 18.6. The third-order valence-corrected chi connectivity index (χ3v) is 10.1. The number of piperidine rings is 1. The Kier molecular flexibility index (Phi) is 9.52. The first-order valence-corrected chi connectivity index (χ1v) is 16.2. The first kappa shape index (κ1) is 30.5. The van der Waals surface area contributed by atoms with Gasteiger partial charge in [0.2, 0.25) is 5.91 Å². The molecule has 1 saturated heterocycles. The second-order valence-corrected chi connectivity index (χ2v) is 13.2. The second-order valence-electron chi connectivity index (χ2n) is 10.8. The van der Waals surface area contributed by atoms with Crippen LogP contribution in [0.25, 0.3) is 11.6 Å². The lowest BCUT2D eigenvalue weighted by Gasteiger charge is -2.28. The van der Waals surface area contributed by atoms with Gasteiger partial charge in [0.15, 0.2) is 4.90 Å². The van der Waals surface area contributed by atoms with Crippen molar-refractivity contribution < 1.29 is 18.2 Å². The van der Waals surface area contributed by atoms with Crippen LogP contribution in [0.1, 0.15) is 46.5 Å². The number of aromatic nitrogens is 1. The van der Waals surface area contributed by atoms with Crippen LogP contribution in [-0.2, 0) is 36.8 Å². The van der Waals surface area contributed by atoms with Gasteiger partial charge in [-0.25, -0.2) is 4.39 Å². The van der Waals surface area contributed by atoms with Crippen LogP contribution in [0.4, 0.5) is 10.1 Å². The maximum absolute atomic E-state index is 13.6. The van der Waals surface area contributed by atoms with Gasteiger partial charge in [0.25, 0.3) is 5.91 Å². The van der Waals surface area contributed by atoms with Crippen molar-refractivity contribution in [3.8, 4) is 0 Å². The van der Waals surface area contributed by atoms with Crippen LogP contribution in [0.3, 0.4) is 0 Å².